The van der Waals surface area contributed by atoms with Crippen LogP contribution in [0, 0.1) is 0 Å². The van der Waals surface area contributed by atoms with Gasteiger partial charge in [0.25, 0.3) is 0 Å². The zero-order valence-corrected chi connectivity index (χ0v) is 46.5. The molecule has 406 valence electrons. The van der Waals surface area contributed by atoms with Gasteiger partial charge in [-0.25, -0.2) is 0 Å². The smallest absolute Gasteiger partial charge is 0.306 e. The molecule has 0 bridgehead atoms. The van der Waals surface area contributed by atoms with Crippen LogP contribution in [0.1, 0.15) is 278 Å². The number of carbonyl (C=O) groups is 3. The maximum atomic E-state index is 12.9. The third-order valence-electron chi connectivity index (χ3n) is 12.6. The molecule has 0 spiro atoms. The zero-order chi connectivity index (χ0) is 51.4. The second-order valence-electron chi connectivity index (χ2n) is 19.5. The van der Waals surface area contributed by atoms with Crippen LogP contribution in [0.5, 0.6) is 0 Å². The average molecular weight is 988 g/mol. The van der Waals surface area contributed by atoms with E-state index in [9.17, 15) is 14.4 Å². The van der Waals surface area contributed by atoms with Crippen LogP contribution < -0.4 is 0 Å². The molecule has 0 saturated carbocycles. The van der Waals surface area contributed by atoms with Crippen molar-refractivity contribution in [2.75, 3.05) is 13.2 Å². The summed E-state index contributed by atoms with van der Waals surface area (Å²) in [5.41, 5.74) is 0. The van der Waals surface area contributed by atoms with Gasteiger partial charge in [0, 0.05) is 19.3 Å². The highest BCUT2D eigenvalue weighted by Gasteiger charge is 2.19. The molecule has 0 heterocycles. The summed E-state index contributed by atoms with van der Waals surface area (Å²) < 4.78 is 16.9. The van der Waals surface area contributed by atoms with Gasteiger partial charge in [-0.3, -0.25) is 14.4 Å². The number of esters is 3. The molecule has 0 amide bonds. The Hall–Kier alpha value is -3.67. The van der Waals surface area contributed by atoms with E-state index in [1.54, 1.807) is 0 Å². The monoisotopic (exact) mass is 987 g/mol. The van der Waals surface area contributed by atoms with Crippen molar-refractivity contribution in [1.82, 2.24) is 0 Å². The number of hydrogen-bond donors (Lipinski definition) is 0. The number of unbranched alkanes of at least 4 members (excludes halogenated alkanes) is 26. The van der Waals surface area contributed by atoms with Gasteiger partial charge in [0.15, 0.2) is 6.10 Å². The van der Waals surface area contributed by atoms with Crippen LogP contribution in [0.2, 0.25) is 0 Å². The summed E-state index contributed by atoms with van der Waals surface area (Å²) in [4.78, 5) is 38.2. The Kier molecular flexibility index (Phi) is 55.9. The maximum Gasteiger partial charge on any atom is 0.306 e. The van der Waals surface area contributed by atoms with Gasteiger partial charge < -0.3 is 14.2 Å². The SMILES string of the molecule is CC/C=C\C/C=C\C/C=C\C/C=C\CCCCCCCCCCCCC(=O)OCC(COC(=O)CCCCCCC/C=C\CCCCCCCC)OC(=O)CCCCCCC/C=C\C/C=C\C/C=C\CC. The van der Waals surface area contributed by atoms with Gasteiger partial charge in [-0.2, -0.15) is 0 Å². The van der Waals surface area contributed by atoms with E-state index in [4.69, 9.17) is 14.2 Å². The summed E-state index contributed by atoms with van der Waals surface area (Å²) in [5, 5.41) is 0. The first-order chi connectivity index (χ1) is 35.0. The normalized spacial score (nSPS) is 12.8. The highest BCUT2D eigenvalue weighted by molar-refractivity contribution is 5.71. The lowest BCUT2D eigenvalue weighted by Gasteiger charge is -2.18. The van der Waals surface area contributed by atoms with Crippen LogP contribution in [0.25, 0.3) is 0 Å². The number of carbonyl (C=O) groups excluding carboxylic acids is 3. The van der Waals surface area contributed by atoms with Gasteiger partial charge in [-0.1, -0.05) is 240 Å². The van der Waals surface area contributed by atoms with Crippen LogP contribution in [0.4, 0.5) is 0 Å². The van der Waals surface area contributed by atoms with Crippen molar-refractivity contribution in [1.29, 1.82) is 0 Å². The first-order valence-corrected chi connectivity index (χ1v) is 29.7. The van der Waals surface area contributed by atoms with Gasteiger partial charge >= 0.3 is 17.9 Å². The number of ether oxygens (including phenoxy) is 3. The van der Waals surface area contributed by atoms with Crippen molar-refractivity contribution >= 4 is 17.9 Å². The van der Waals surface area contributed by atoms with E-state index < -0.39 is 6.10 Å². The molecule has 1 unspecified atom stereocenters. The summed E-state index contributed by atoms with van der Waals surface area (Å²) in [6.45, 7) is 6.40. The molecule has 1 atom stereocenters. The van der Waals surface area contributed by atoms with E-state index in [0.29, 0.717) is 19.3 Å². The predicted octanol–water partition coefficient (Wildman–Crippen LogP) is 20.1. The van der Waals surface area contributed by atoms with E-state index in [1.807, 2.05) is 0 Å². The van der Waals surface area contributed by atoms with Gasteiger partial charge in [0.05, 0.1) is 0 Å². The molecule has 0 fully saturated rings. The quantitative estimate of drug-likeness (QED) is 0.0261. The van der Waals surface area contributed by atoms with Crippen molar-refractivity contribution in [2.45, 2.75) is 284 Å². The standard InChI is InChI=1S/C65H110O6/c1-4-7-10-13-16-19-22-25-28-29-30-31-32-33-34-35-38-40-43-46-49-52-55-58-64(67)70-61-62(71-65(68)59-56-53-50-47-44-41-37-27-24-21-18-15-12-9-6-3)60-69-63(66)57-54-51-48-45-42-39-36-26-23-20-17-14-11-8-5-2/h7,9-10,12,16,18-19,21,25-28,30-31,36-37,62H,4-6,8,11,13-15,17,20,22-24,29,32-35,38-61H2,1-3H3/b10-7-,12-9-,19-16-,21-18-,28-25-,31-30-,36-26-,37-27-. The number of hydrogen-bond acceptors (Lipinski definition) is 6. The summed E-state index contributed by atoms with van der Waals surface area (Å²) in [7, 11) is 0. The van der Waals surface area contributed by atoms with E-state index in [1.165, 1.54) is 109 Å². The van der Waals surface area contributed by atoms with Crippen molar-refractivity contribution in [3.8, 4) is 0 Å². The highest BCUT2D eigenvalue weighted by atomic mass is 16.6. The molecular weight excluding hydrogens is 877 g/mol. The number of allylic oxidation sites excluding steroid dienone is 16. The molecular formula is C65H110O6. The van der Waals surface area contributed by atoms with Gasteiger partial charge in [-0.05, 0) is 116 Å². The van der Waals surface area contributed by atoms with Gasteiger partial charge in [0.2, 0.25) is 0 Å². The first-order valence-electron chi connectivity index (χ1n) is 29.7. The molecule has 0 radical (unpaired) electrons. The van der Waals surface area contributed by atoms with Gasteiger partial charge in [0.1, 0.15) is 13.2 Å². The third-order valence-corrected chi connectivity index (χ3v) is 12.6. The Balaban J connectivity index is 4.37. The lowest BCUT2D eigenvalue weighted by Crippen LogP contribution is -2.30. The second-order valence-corrected chi connectivity index (χ2v) is 19.5. The average Bonchev–Trinajstić information content (AvgIpc) is 3.37. The summed E-state index contributed by atoms with van der Waals surface area (Å²) in [6, 6.07) is 0. The summed E-state index contributed by atoms with van der Waals surface area (Å²) in [6.07, 6.45) is 78.3. The van der Waals surface area contributed by atoms with Crippen molar-refractivity contribution < 1.29 is 28.6 Å². The Morgan fingerprint density at radius 1 is 0.296 bits per heavy atom. The largest absolute Gasteiger partial charge is 0.462 e. The Bertz CT molecular complexity index is 1410. The lowest BCUT2D eigenvalue weighted by atomic mass is 10.1. The fourth-order valence-electron chi connectivity index (χ4n) is 8.15. The van der Waals surface area contributed by atoms with E-state index >= 15 is 0 Å². The minimum Gasteiger partial charge on any atom is -0.462 e. The third kappa shape index (κ3) is 57.1. The maximum absolute atomic E-state index is 12.9. The van der Waals surface area contributed by atoms with E-state index in [0.717, 1.165) is 128 Å². The predicted molar refractivity (Wildman–Crippen MR) is 307 cm³/mol. The molecule has 0 aromatic heterocycles. The van der Waals surface area contributed by atoms with Crippen molar-refractivity contribution in [2.24, 2.45) is 0 Å². The Morgan fingerprint density at radius 2 is 0.549 bits per heavy atom. The first kappa shape index (κ1) is 67.3. The highest BCUT2D eigenvalue weighted by Crippen LogP contribution is 2.15. The van der Waals surface area contributed by atoms with Crippen molar-refractivity contribution in [3.05, 3.63) is 97.2 Å². The Labute approximate surface area is 438 Å². The molecule has 71 heavy (non-hydrogen) atoms. The molecule has 0 aliphatic carbocycles. The fourth-order valence-corrected chi connectivity index (χ4v) is 8.15. The van der Waals surface area contributed by atoms with Crippen LogP contribution in [0.3, 0.4) is 0 Å². The molecule has 6 nitrogen and oxygen atoms in total. The molecule has 0 aliphatic heterocycles. The van der Waals surface area contributed by atoms with E-state index in [-0.39, 0.29) is 31.1 Å². The summed E-state index contributed by atoms with van der Waals surface area (Å²) in [5.74, 6) is -0.914. The van der Waals surface area contributed by atoms with Crippen LogP contribution in [0.15, 0.2) is 97.2 Å². The molecule has 0 aliphatic rings. The fraction of sp³-hybridized carbons (Fsp3) is 0.708. The molecule has 0 aromatic rings. The molecule has 6 heteroatoms. The molecule has 0 N–H and O–H groups in total. The topological polar surface area (TPSA) is 78.9 Å². The minimum absolute atomic E-state index is 0.0894. The van der Waals surface area contributed by atoms with Gasteiger partial charge in [-0.15, -0.1) is 0 Å². The van der Waals surface area contributed by atoms with Crippen molar-refractivity contribution in [3.63, 3.8) is 0 Å². The molecule has 0 rings (SSSR count). The van der Waals surface area contributed by atoms with Crippen LogP contribution in [-0.2, 0) is 28.6 Å². The van der Waals surface area contributed by atoms with Crippen LogP contribution in [-0.4, -0.2) is 37.2 Å². The molecule has 0 saturated heterocycles. The lowest BCUT2D eigenvalue weighted by molar-refractivity contribution is -0.167. The summed E-state index contributed by atoms with van der Waals surface area (Å²) >= 11 is 0. The number of rotatable bonds is 53. The zero-order valence-electron chi connectivity index (χ0n) is 46.5. The second kappa shape index (κ2) is 58.9. The van der Waals surface area contributed by atoms with Crippen LogP contribution >= 0.6 is 0 Å². The van der Waals surface area contributed by atoms with E-state index in [2.05, 4.69) is 118 Å². The minimum atomic E-state index is -0.793. The molecule has 0 aromatic carbocycles. The Morgan fingerprint density at radius 3 is 0.873 bits per heavy atom.